The number of fused-ring (bicyclic) bond motifs is 1. The van der Waals surface area contributed by atoms with Crippen molar-refractivity contribution in [3.05, 3.63) is 77.4 Å². The van der Waals surface area contributed by atoms with Crippen molar-refractivity contribution >= 4 is 28.3 Å². The first-order valence-corrected chi connectivity index (χ1v) is 8.76. The lowest BCUT2D eigenvalue weighted by molar-refractivity contribution is -0.124. The Labute approximate surface area is 158 Å². The molecule has 0 aliphatic carbocycles. The van der Waals surface area contributed by atoms with Crippen LogP contribution >= 0.6 is 0 Å². The predicted molar refractivity (Wildman–Crippen MR) is 106 cm³/mol. The highest BCUT2D eigenvalue weighted by atomic mass is 16.5. The van der Waals surface area contributed by atoms with Crippen LogP contribution in [0.3, 0.4) is 0 Å². The third-order valence-electron chi connectivity index (χ3n) is 4.52. The molecule has 5 heteroatoms. The highest BCUT2D eigenvalue weighted by Crippen LogP contribution is 2.24. The summed E-state index contributed by atoms with van der Waals surface area (Å²) in [5.41, 5.74) is 8.54. The zero-order valence-corrected chi connectivity index (χ0v) is 15.4. The number of nitrogens with two attached hydrogens (primary N) is 1. The smallest absolute Gasteiger partial charge is 0.338 e. The van der Waals surface area contributed by atoms with E-state index in [-0.39, 0.29) is 18.6 Å². The fourth-order valence-corrected chi connectivity index (χ4v) is 2.97. The van der Waals surface area contributed by atoms with Gasteiger partial charge in [-0.1, -0.05) is 48.5 Å². The lowest BCUT2D eigenvalue weighted by Gasteiger charge is -2.16. The second-order valence-electron chi connectivity index (χ2n) is 6.51. The van der Waals surface area contributed by atoms with Gasteiger partial charge in [0.05, 0.1) is 11.6 Å². The molecule has 1 amide bonds. The van der Waals surface area contributed by atoms with Gasteiger partial charge in [0.2, 0.25) is 0 Å². The third-order valence-corrected chi connectivity index (χ3v) is 4.52. The SMILES string of the molecule is Cc1ccc(C(=O)OCC(=O)N[C@@H](C)c2cccc3ccccc23)cc1N. The number of anilines is 1. The van der Waals surface area contributed by atoms with Crippen molar-refractivity contribution in [3.63, 3.8) is 0 Å². The standard InChI is InChI=1S/C22H22N2O3/c1-14-10-11-17(12-20(14)23)22(26)27-13-21(25)24-15(2)18-9-5-7-16-6-3-4-8-19(16)18/h3-12,15H,13,23H2,1-2H3,(H,24,25)/t15-/m0/s1. The summed E-state index contributed by atoms with van der Waals surface area (Å²) in [4.78, 5) is 24.3. The molecule has 0 heterocycles. The van der Waals surface area contributed by atoms with Crippen molar-refractivity contribution in [3.8, 4) is 0 Å². The molecular weight excluding hydrogens is 340 g/mol. The summed E-state index contributed by atoms with van der Waals surface area (Å²) < 4.78 is 5.10. The van der Waals surface area contributed by atoms with Crippen LogP contribution in [0.2, 0.25) is 0 Å². The first-order chi connectivity index (χ1) is 13.0. The second-order valence-corrected chi connectivity index (χ2v) is 6.51. The molecule has 1 atom stereocenters. The molecule has 0 unspecified atom stereocenters. The molecule has 3 N–H and O–H groups in total. The van der Waals surface area contributed by atoms with E-state index in [1.165, 1.54) is 0 Å². The Hall–Kier alpha value is -3.34. The fourth-order valence-electron chi connectivity index (χ4n) is 2.97. The normalized spacial score (nSPS) is 11.8. The number of carbonyl (C=O) groups excluding carboxylic acids is 2. The zero-order valence-electron chi connectivity index (χ0n) is 15.4. The molecule has 0 bridgehead atoms. The summed E-state index contributed by atoms with van der Waals surface area (Å²) in [6.07, 6.45) is 0. The van der Waals surface area contributed by atoms with Gasteiger partial charge in [0.25, 0.3) is 5.91 Å². The highest BCUT2D eigenvalue weighted by Gasteiger charge is 2.15. The third kappa shape index (κ3) is 4.26. The maximum absolute atomic E-state index is 12.2. The van der Waals surface area contributed by atoms with Gasteiger partial charge >= 0.3 is 5.97 Å². The summed E-state index contributed by atoms with van der Waals surface area (Å²) >= 11 is 0. The van der Waals surface area contributed by atoms with Gasteiger partial charge in [-0.3, -0.25) is 4.79 Å². The Bertz CT molecular complexity index is 993. The van der Waals surface area contributed by atoms with E-state index in [9.17, 15) is 9.59 Å². The van der Waals surface area contributed by atoms with E-state index in [1.54, 1.807) is 18.2 Å². The van der Waals surface area contributed by atoms with Gasteiger partial charge in [-0.2, -0.15) is 0 Å². The number of hydrogen-bond donors (Lipinski definition) is 2. The van der Waals surface area contributed by atoms with Crippen LogP contribution in [0.4, 0.5) is 5.69 Å². The average Bonchev–Trinajstić information content (AvgIpc) is 2.67. The molecule has 0 aromatic heterocycles. The maximum atomic E-state index is 12.2. The second kappa shape index (κ2) is 7.91. The first-order valence-electron chi connectivity index (χ1n) is 8.76. The number of amides is 1. The number of benzene rings is 3. The summed E-state index contributed by atoms with van der Waals surface area (Å²) in [6.45, 7) is 3.41. The Kier molecular flexibility index (Phi) is 5.41. The van der Waals surface area contributed by atoms with E-state index in [2.05, 4.69) is 5.32 Å². The van der Waals surface area contributed by atoms with Crippen molar-refractivity contribution in [1.82, 2.24) is 5.32 Å². The predicted octanol–water partition coefficient (Wildman–Crippen LogP) is 3.76. The molecule has 3 rings (SSSR count). The summed E-state index contributed by atoms with van der Waals surface area (Å²) in [5.74, 6) is -0.932. The van der Waals surface area contributed by atoms with Crippen molar-refractivity contribution in [2.75, 3.05) is 12.3 Å². The molecule has 0 saturated heterocycles. The van der Waals surface area contributed by atoms with Crippen LogP contribution in [0.5, 0.6) is 0 Å². The Balaban J connectivity index is 1.61. The van der Waals surface area contributed by atoms with Gasteiger partial charge in [-0.05, 0) is 47.9 Å². The van der Waals surface area contributed by atoms with Crippen molar-refractivity contribution in [1.29, 1.82) is 0 Å². The summed E-state index contributed by atoms with van der Waals surface area (Å²) in [5, 5.41) is 5.07. The van der Waals surface area contributed by atoms with E-state index in [1.807, 2.05) is 56.3 Å². The number of rotatable bonds is 5. The van der Waals surface area contributed by atoms with E-state index in [4.69, 9.17) is 10.5 Å². The molecule has 5 nitrogen and oxygen atoms in total. The van der Waals surface area contributed by atoms with Gasteiger partial charge in [-0.25, -0.2) is 4.79 Å². The Morgan fingerprint density at radius 1 is 1.07 bits per heavy atom. The van der Waals surface area contributed by atoms with Crippen molar-refractivity contribution in [2.24, 2.45) is 0 Å². The number of ether oxygens (including phenoxy) is 1. The average molecular weight is 362 g/mol. The summed E-state index contributed by atoms with van der Waals surface area (Å²) in [6, 6.07) is 18.7. The largest absolute Gasteiger partial charge is 0.452 e. The Morgan fingerprint density at radius 2 is 1.81 bits per heavy atom. The number of nitrogen functional groups attached to an aromatic ring is 1. The molecule has 0 spiro atoms. The molecule has 0 saturated carbocycles. The van der Waals surface area contributed by atoms with Gasteiger partial charge in [0.1, 0.15) is 0 Å². The number of carbonyl (C=O) groups is 2. The molecule has 3 aromatic rings. The minimum absolute atomic E-state index is 0.211. The molecule has 138 valence electrons. The quantitative estimate of drug-likeness (QED) is 0.535. The lowest BCUT2D eigenvalue weighted by atomic mass is 10.00. The number of nitrogens with one attached hydrogen (secondary N) is 1. The Morgan fingerprint density at radius 3 is 2.59 bits per heavy atom. The maximum Gasteiger partial charge on any atom is 0.338 e. The molecular formula is C22H22N2O3. The summed E-state index contributed by atoms with van der Waals surface area (Å²) in [7, 11) is 0. The van der Waals surface area contributed by atoms with E-state index >= 15 is 0 Å². The number of esters is 1. The van der Waals surface area contributed by atoms with Gasteiger partial charge < -0.3 is 15.8 Å². The van der Waals surface area contributed by atoms with Gasteiger partial charge in [-0.15, -0.1) is 0 Å². The van der Waals surface area contributed by atoms with Gasteiger partial charge in [0.15, 0.2) is 6.61 Å². The lowest BCUT2D eigenvalue weighted by Crippen LogP contribution is -2.31. The zero-order chi connectivity index (χ0) is 19.4. The topological polar surface area (TPSA) is 81.4 Å². The van der Waals surface area contributed by atoms with Gasteiger partial charge in [0, 0.05) is 5.69 Å². The van der Waals surface area contributed by atoms with Crippen LogP contribution in [0.1, 0.15) is 34.5 Å². The number of aryl methyl sites for hydroxylation is 1. The van der Waals surface area contributed by atoms with Crippen LogP contribution in [-0.4, -0.2) is 18.5 Å². The molecule has 3 aromatic carbocycles. The number of hydrogen-bond acceptors (Lipinski definition) is 4. The van der Waals surface area contributed by atoms with Crippen molar-refractivity contribution < 1.29 is 14.3 Å². The van der Waals surface area contributed by atoms with Crippen LogP contribution < -0.4 is 11.1 Å². The molecule has 27 heavy (non-hydrogen) atoms. The minimum atomic E-state index is -0.574. The monoisotopic (exact) mass is 362 g/mol. The molecule has 0 aliphatic rings. The highest BCUT2D eigenvalue weighted by molar-refractivity contribution is 5.92. The fraction of sp³-hybridized carbons (Fsp3) is 0.182. The first kappa shape index (κ1) is 18.5. The van der Waals surface area contributed by atoms with Crippen molar-refractivity contribution in [2.45, 2.75) is 19.9 Å². The minimum Gasteiger partial charge on any atom is -0.452 e. The van der Waals surface area contributed by atoms with E-state index in [0.717, 1.165) is 21.9 Å². The molecule has 0 aliphatic heterocycles. The van der Waals surface area contributed by atoms with E-state index < -0.39 is 5.97 Å². The molecule has 0 radical (unpaired) electrons. The van der Waals surface area contributed by atoms with E-state index in [0.29, 0.717) is 11.3 Å². The molecule has 0 fully saturated rings. The van der Waals surface area contributed by atoms with Crippen LogP contribution in [0, 0.1) is 6.92 Å². The van der Waals surface area contributed by atoms with Crippen LogP contribution in [0.15, 0.2) is 60.7 Å². The van der Waals surface area contributed by atoms with Crippen LogP contribution in [-0.2, 0) is 9.53 Å². The van der Waals surface area contributed by atoms with Crippen LogP contribution in [0.25, 0.3) is 10.8 Å².